The molecule has 0 aliphatic rings. The summed E-state index contributed by atoms with van der Waals surface area (Å²) < 4.78 is 10.1. The molecule has 0 aliphatic heterocycles. The SMILES string of the molecule is Cc1c[c-]c(-c2cc[c]([Ge]([CH3])([CH3])[CH3])cn2)cc1.Cc1ccc2c(n1)oc1c(-c3nc4ccccc4n3-c3ccc(C(C)(C)C)cc3-c3ccccc3)[c-]ccc12.[Ir]. The van der Waals surface area contributed by atoms with Gasteiger partial charge in [0.2, 0.25) is 5.71 Å². The molecule has 0 N–H and O–H groups in total. The van der Waals surface area contributed by atoms with E-state index in [9.17, 15) is 0 Å². The van der Waals surface area contributed by atoms with E-state index in [-0.39, 0.29) is 25.5 Å². The summed E-state index contributed by atoms with van der Waals surface area (Å²) in [5.74, 6) is 7.94. The molecule has 1 radical (unpaired) electrons. The van der Waals surface area contributed by atoms with Crippen LogP contribution < -0.4 is 4.40 Å². The van der Waals surface area contributed by atoms with Gasteiger partial charge in [0.15, 0.2) is 0 Å². The van der Waals surface area contributed by atoms with E-state index in [0.717, 1.165) is 72.5 Å². The standard InChI is InChI=1S/C35H28N3O.C15H18GeN.Ir/c1-22-17-19-26-25-13-10-14-27(32(25)39-34(26)36-22)33-37-29-15-8-9-16-31(29)38(33)30-20-18-24(35(2,3)4)21-28(30)23-11-6-5-7-12-23;1-12-5-7-13(8-6-12)15-10-9-14(11-17-15)16(2,3)4;/h5-13,15-21H,1-4H3;5-7,9-11H,1-4H3;/q2*-1;. The van der Waals surface area contributed by atoms with Crippen LogP contribution in [0, 0.1) is 26.0 Å². The summed E-state index contributed by atoms with van der Waals surface area (Å²) in [5, 5.41) is 2.00. The van der Waals surface area contributed by atoms with Crippen molar-refractivity contribution in [1.82, 2.24) is 19.5 Å². The molecule has 9 aromatic rings. The number of hydrogen-bond donors (Lipinski definition) is 0. The van der Waals surface area contributed by atoms with Crippen LogP contribution in [0.4, 0.5) is 0 Å². The molecule has 0 amide bonds. The van der Waals surface area contributed by atoms with Gasteiger partial charge in [0.25, 0.3) is 0 Å². The Bertz CT molecular complexity index is 2830. The van der Waals surface area contributed by atoms with Crippen LogP contribution in [0.1, 0.15) is 37.6 Å². The van der Waals surface area contributed by atoms with Gasteiger partial charge in [-0.3, -0.25) is 4.98 Å². The number of benzene rings is 5. The molecule has 9 rings (SSSR count). The van der Waals surface area contributed by atoms with Crippen LogP contribution in [-0.2, 0) is 25.5 Å². The first-order valence-electron chi connectivity index (χ1n) is 19.2. The number of hydrogen-bond acceptors (Lipinski definition) is 4. The zero-order chi connectivity index (χ0) is 39.2. The van der Waals surface area contributed by atoms with Crippen LogP contribution in [0.2, 0.25) is 17.3 Å². The maximum Gasteiger partial charge on any atom is 0.216 e. The largest absolute Gasteiger partial charge is 0.486 e. The van der Waals surface area contributed by atoms with Gasteiger partial charge in [-0.15, -0.1) is 18.2 Å². The average Bonchev–Trinajstić information content (AvgIpc) is 3.76. The van der Waals surface area contributed by atoms with E-state index in [2.05, 4.69) is 169 Å². The van der Waals surface area contributed by atoms with Gasteiger partial charge in [-0.25, -0.2) is 4.98 Å². The molecular formula is C50H46GeIrN4O-2. The number of aryl methyl sites for hydroxylation is 2. The van der Waals surface area contributed by atoms with Crippen LogP contribution in [-0.4, -0.2) is 32.8 Å². The van der Waals surface area contributed by atoms with Gasteiger partial charge >= 0.3 is 106 Å². The molecule has 287 valence electrons. The minimum Gasteiger partial charge on any atom is -0.486 e. The fraction of sp³-hybridized carbons (Fsp3) is 0.180. The molecule has 0 spiro atoms. The van der Waals surface area contributed by atoms with E-state index in [4.69, 9.17) is 9.40 Å². The van der Waals surface area contributed by atoms with Crippen molar-refractivity contribution in [2.24, 2.45) is 0 Å². The number of furan rings is 1. The van der Waals surface area contributed by atoms with Crippen LogP contribution in [0.3, 0.4) is 0 Å². The first-order chi connectivity index (χ1) is 26.8. The van der Waals surface area contributed by atoms with Crippen molar-refractivity contribution in [3.63, 3.8) is 0 Å². The van der Waals surface area contributed by atoms with Crippen molar-refractivity contribution in [1.29, 1.82) is 0 Å². The van der Waals surface area contributed by atoms with Crippen LogP contribution >= 0.6 is 0 Å². The average molecular weight is 984 g/mol. The molecule has 0 saturated carbocycles. The predicted molar refractivity (Wildman–Crippen MR) is 236 cm³/mol. The predicted octanol–water partition coefficient (Wildman–Crippen LogP) is 12.5. The third-order valence-corrected chi connectivity index (χ3v) is 14.5. The third-order valence-electron chi connectivity index (χ3n) is 10.3. The summed E-state index contributed by atoms with van der Waals surface area (Å²) >= 11 is -1.73. The van der Waals surface area contributed by atoms with E-state index < -0.39 is 13.3 Å². The normalized spacial score (nSPS) is 11.7. The number of rotatable bonds is 5. The Balaban J connectivity index is 0.000000232. The number of para-hydroxylation sites is 2. The molecule has 0 fully saturated rings. The molecule has 4 aromatic heterocycles. The summed E-state index contributed by atoms with van der Waals surface area (Å²) in [6.45, 7) is 10.8. The van der Waals surface area contributed by atoms with Crippen molar-refractivity contribution in [3.05, 3.63) is 163 Å². The van der Waals surface area contributed by atoms with Crippen LogP contribution in [0.15, 0.2) is 138 Å². The Kier molecular flexibility index (Phi) is 11.3. The number of pyridine rings is 2. The molecule has 0 atom stereocenters. The fourth-order valence-corrected chi connectivity index (χ4v) is 9.20. The van der Waals surface area contributed by atoms with Crippen molar-refractivity contribution >= 4 is 50.8 Å². The van der Waals surface area contributed by atoms with Gasteiger partial charge in [0, 0.05) is 42.4 Å². The zero-order valence-electron chi connectivity index (χ0n) is 33.7. The first kappa shape index (κ1) is 40.1. The summed E-state index contributed by atoms with van der Waals surface area (Å²) in [6.07, 6.45) is 2.04. The van der Waals surface area contributed by atoms with Crippen molar-refractivity contribution in [2.45, 2.75) is 57.3 Å². The quantitative estimate of drug-likeness (QED) is 0.127. The van der Waals surface area contributed by atoms with E-state index in [1.807, 2.05) is 43.5 Å². The fourth-order valence-electron chi connectivity index (χ4n) is 7.02. The summed E-state index contributed by atoms with van der Waals surface area (Å²) in [4.78, 5) is 14.4. The van der Waals surface area contributed by atoms with E-state index in [0.29, 0.717) is 5.71 Å². The molecule has 0 bridgehead atoms. The van der Waals surface area contributed by atoms with Gasteiger partial charge < -0.3 is 8.98 Å². The van der Waals surface area contributed by atoms with E-state index in [1.54, 1.807) is 0 Å². The molecule has 4 heterocycles. The zero-order valence-corrected chi connectivity index (χ0v) is 38.2. The Morgan fingerprint density at radius 3 is 2.21 bits per heavy atom. The van der Waals surface area contributed by atoms with Gasteiger partial charge in [-0.1, -0.05) is 80.3 Å². The van der Waals surface area contributed by atoms with Crippen molar-refractivity contribution < 1.29 is 24.5 Å². The maximum atomic E-state index is 6.39. The first-order valence-corrected chi connectivity index (χ1v) is 26.5. The molecule has 57 heavy (non-hydrogen) atoms. The maximum absolute atomic E-state index is 6.39. The Hall–Kier alpha value is -5.14. The third kappa shape index (κ3) is 8.18. The number of fused-ring (bicyclic) bond motifs is 4. The van der Waals surface area contributed by atoms with Gasteiger partial charge in [-0.05, 0) is 59.9 Å². The van der Waals surface area contributed by atoms with Crippen LogP contribution in [0.25, 0.3) is 72.6 Å². The summed E-state index contributed by atoms with van der Waals surface area (Å²) in [5.41, 5.74) is 13.1. The molecule has 0 saturated heterocycles. The smallest absolute Gasteiger partial charge is 0.216 e. The number of aromatic nitrogens is 4. The molecule has 0 aliphatic carbocycles. The van der Waals surface area contributed by atoms with Crippen molar-refractivity contribution in [2.75, 3.05) is 0 Å². The van der Waals surface area contributed by atoms with E-state index >= 15 is 0 Å². The molecule has 7 heteroatoms. The van der Waals surface area contributed by atoms with Crippen molar-refractivity contribution in [3.8, 4) is 39.5 Å². The molecule has 5 aromatic carbocycles. The molecule has 5 nitrogen and oxygen atoms in total. The molecule has 0 unspecified atom stereocenters. The second-order valence-electron chi connectivity index (χ2n) is 16.6. The Morgan fingerprint density at radius 2 is 1.51 bits per heavy atom. The minimum atomic E-state index is -1.73. The topological polar surface area (TPSA) is 56.7 Å². The van der Waals surface area contributed by atoms with Gasteiger partial charge in [0.1, 0.15) is 0 Å². The summed E-state index contributed by atoms with van der Waals surface area (Å²) in [6, 6.07) is 51.0. The number of nitrogens with zero attached hydrogens (tertiary/aromatic N) is 4. The second-order valence-corrected chi connectivity index (χ2v) is 27.2. The minimum absolute atomic E-state index is 0. The summed E-state index contributed by atoms with van der Waals surface area (Å²) in [7, 11) is 0. The Labute approximate surface area is 352 Å². The monoisotopic (exact) mass is 985 g/mol. The van der Waals surface area contributed by atoms with Gasteiger partial charge in [-0.2, -0.15) is 0 Å². The number of imidazole rings is 1. The van der Waals surface area contributed by atoms with Gasteiger partial charge in [0.05, 0.1) is 22.4 Å². The van der Waals surface area contributed by atoms with Crippen LogP contribution in [0.5, 0.6) is 0 Å². The van der Waals surface area contributed by atoms with E-state index in [1.165, 1.54) is 15.5 Å². The second kappa shape index (κ2) is 16.0. The molecular weight excluding hydrogens is 937 g/mol. The Morgan fingerprint density at radius 1 is 0.737 bits per heavy atom.